The third kappa shape index (κ3) is 5.35. The van der Waals surface area contributed by atoms with Gasteiger partial charge < -0.3 is 25.5 Å². The fourth-order valence-corrected chi connectivity index (χ4v) is 4.19. The van der Waals surface area contributed by atoms with Crippen LogP contribution in [0, 0.1) is 11.8 Å². The van der Waals surface area contributed by atoms with Gasteiger partial charge in [-0.2, -0.15) is 4.98 Å². The summed E-state index contributed by atoms with van der Waals surface area (Å²) in [7, 11) is 0.310. The van der Waals surface area contributed by atoms with E-state index in [-0.39, 0.29) is 30.6 Å². The number of aromatic nitrogens is 3. The number of rotatable bonds is 8. The number of fused-ring (bicyclic) bond motifs is 1. The molecule has 0 aromatic carbocycles. The van der Waals surface area contributed by atoms with Gasteiger partial charge in [-0.1, -0.05) is 33.4 Å². The quantitative estimate of drug-likeness (QED) is 0.141. The molecule has 0 spiro atoms. The summed E-state index contributed by atoms with van der Waals surface area (Å²) in [6, 6.07) is 0. The standard InChI is InChI=1S/C16H20N5O6PS2/c1-29-30-8-25-10-5-12(27-11(10)7-26-28(23)24)21-6-9(3-2-4-17)13-14(21)19-16(18)20-15(13)22/h6,10-12H,4-5,7-8,17H2,1H3,(H3-,18,19,20,22,23,24)/p+1/t10?,11-,12-/m1/s1. The van der Waals surface area contributed by atoms with Crippen LogP contribution in [0.25, 0.3) is 11.0 Å². The average molecular weight is 474 g/mol. The Bertz CT molecular complexity index is 1030. The van der Waals surface area contributed by atoms with Gasteiger partial charge in [-0.3, -0.25) is 9.78 Å². The number of hydrogen-bond donors (Lipinski definition) is 4. The van der Waals surface area contributed by atoms with Crippen molar-refractivity contribution in [1.82, 2.24) is 14.5 Å². The summed E-state index contributed by atoms with van der Waals surface area (Å²) in [5.41, 5.74) is 11.5. The van der Waals surface area contributed by atoms with Gasteiger partial charge in [-0.05, 0) is 6.26 Å². The lowest BCUT2D eigenvalue weighted by molar-refractivity contribution is -0.0485. The van der Waals surface area contributed by atoms with Crippen LogP contribution in [0.4, 0.5) is 5.95 Å². The number of aromatic amines is 1. The van der Waals surface area contributed by atoms with E-state index in [1.54, 1.807) is 21.6 Å². The van der Waals surface area contributed by atoms with Crippen LogP contribution in [0.2, 0.25) is 0 Å². The molecule has 6 N–H and O–H groups in total. The Morgan fingerprint density at radius 2 is 2.37 bits per heavy atom. The third-order valence-corrected chi connectivity index (χ3v) is 6.15. The van der Waals surface area contributed by atoms with Crippen LogP contribution in [0.15, 0.2) is 11.0 Å². The van der Waals surface area contributed by atoms with Crippen molar-refractivity contribution in [2.45, 2.75) is 24.9 Å². The molecule has 1 aliphatic rings. The maximum Gasteiger partial charge on any atom is 0.694 e. The third-order valence-electron chi connectivity index (χ3n) is 4.31. The molecule has 1 saturated heterocycles. The smallest absolute Gasteiger partial charge is 0.369 e. The highest BCUT2D eigenvalue weighted by Gasteiger charge is 2.40. The summed E-state index contributed by atoms with van der Waals surface area (Å²) in [5, 5.41) is 0.280. The first-order valence-electron chi connectivity index (χ1n) is 8.75. The predicted molar refractivity (Wildman–Crippen MR) is 116 cm³/mol. The van der Waals surface area contributed by atoms with E-state index in [9.17, 15) is 9.36 Å². The molecule has 14 heteroatoms. The van der Waals surface area contributed by atoms with E-state index in [1.807, 2.05) is 6.26 Å². The molecule has 162 valence electrons. The van der Waals surface area contributed by atoms with Crippen LogP contribution in [0.1, 0.15) is 18.2 Å². The minimum atomic E-state index is -2.77. The van der Waals surface area contributed by atoms with Crippen molar-refractivity contribution in [3.05, 3.63) is 22.1 Å². The van der Waals surface area contributed by atoms with E-state index >= 15 is 0 Å². The molecular formula is C16H21N5O6PS2+. The number of nitrogen functional groups attached to an aromatic ring is 1. The molecular weight excluding hydrogens is 453 g/mol. The normalized spacial score (nSPS) is 21.6. The van der Waals surface area contributed by atoms with Crippen LogP contribution >= 0.6 is 29.8 Å². The van der Waals surface area contributed by atoms with Gasteiger partial charge in [-0.25, -0.2) is 0 Å². The van der Waals surface area contributed by atoms with Gasteiger partial charge in [0.1, 0.15) is 24.9 Å². The number of ether oxygens (including phenoxy) is 2. The number of nitrogens with two attached hydrogens (primary N) is 2. The Balaban J connectivity index is 1.95. The first-order chi connectivity index (χ1) is 14.4. The van der Waals surface area contributed by atoms with Crippen LogP contribution < -0.4 is 17.0 Å². The summed E-state index contributed by atoms with van der Waals surface area (Å²) in [4.78, 5) is 28.1. The van der Waals surface area contributed by atoms with E-state index < -0.39 is 26.1 Å². The molecule has 11 nitrogen and oxygen atoms in total. The predicted octanol–water partition coefficient (Wildman–Crippen LogP) is 0.925. The summed E-state index contributed by atoms with van der Waals surface area (Å²) in [6.07, 6.45) is 2.46. The van der Waals surface area contributed by atoms with Crippen molar-refractivity contribution in [2.75, 3.05) is 31.1 Å². The Morgan fingerprint density at radius 1 is 1.57 bits per heavy atom. The van der Waals surface area contributed by atoms with Gasteiger partial charge >= 0.3 is 8.25 Å². The molecule has 2 aromatic rings. The lowest BCUT2D eigenvalue weighted by Gasteiger charge is -2.15. The first kappa shape index (κ1) is 23.1. The van der Waals surface area contributed by atoms with Gasteiger partial charge in [0.15, 0.2) is 5.65 Å². The van der Waals surface area contributed by atoms with E-state index in [4.69, 9.17) is 30.4 Å². The Labute approximate surface area is 180 Å². The number of H-pyrrole nitrogens is 1. The zero-order valence-corrected chi connectivity index (χ0v) is 18.5. The minimum Gasteiger partial charge on any atom is -0.369 e. The van der Waals surface area contributed by atoms with Crippen molar-refractivity contribution in [2.24, 2.45) is 5.73 Å². The molecule has 0 bridgehead atoms. The molecule has 1 aliphatic heterocycles. The van der Waals surface area contributed by atoms with Gasteiger partial charge in [0, 0.05) is 17.2 Å². The summed E-state index contributed by atoms with van der Waals surface area (Å²) in [6.45, 7) is 0.0146. The van der Waals surface area contributed by atoms with Gasteiger partial charge in [-0.15, -0.1) is 9.42 Å². The first-order valence-corrected chi connectivity index (χ1v) is 12.6. The molecule has 0 aliphatic carbocycles. The van der Waals surface area contributed by atoms with Crippen LogP contribution in [-0.2, 0) is 18.6 Å². The molecule has 0 radical (unpaired) electrons. The monoisotopic (exact) mass is 474 g/mol. The number of anilines is 1. The molecule has 3 rings (SSSR count). The van der Waals surface area contributed by atoms with E-state index in [0.717, 1.165) is 0 Å². The maximum atomic E-state index is 12.5. The molecule has 3 heterocycles. The zero-order valence-electron chi connectivity index (χ0n) is 15.9. The largest absolute Gasteiger partial charge is 0.694 e. The Hall–Kier alpha value is -1.62. The molecule has 4 atom stereocenters. The lowest BCUT2D eigenvalue weighted by Crippen LogP contribution is -2.28. The second kappa shape index (κ2) is 10.6. The summed E-state index contributed by atoms with van der Waals surface area (Å²) >= 11 is 0. The highest BCUT2D eigenvalue weighted by molar-refractivity contribution is 8.76. The van der Waals surface area contributed by atoms with Gasteiger partial charge in [0.05, 0.1) is 23.6 Å². The summed E-state index contributed by atoms with van der Waals surface area (Å²) < 4.78 is 29.4. The van der Waals surface area contributed by atoms with Crippen molar-refractivity contribution < 1.29 is 23.5 Å². The van der Waals surface area contributed by atoms with E-state index in [1.165, 1.54) is 10.8 Å². The topological polar surface area (TPSA) is 168 Å². The van der Waals surface area contributed by atoms with E-state index in [2.05, 4.69) is 21.8 Å². The molecule has 0 amide bonds. The lowest BCUT2D eigenvalue weighted by atomic mass is 10.2. The molecule has 2 unspecified atom stereocenters. The Morgan fingerprint density at radius 3 is 3.07 bits per heavy atom. The van der Waals surface area contributed by atoms with Crippen LogP contribution in [0.3, 0.4) is 0 Å². The highest BCUT2D eigenvalue weighted by Crippen LogP contribution is 2.35. The number of nitrogens with one attached hydrogen (secondary N) is 1. The fourth-order valence-electron chi connectivity index (χ4n) is 3.13. The van der Waals surface area contributed by atoms with Crippen molar-refractivity contribution in [1.29, 1.82) is 0 Å². The molecule has 2 aromatic heterocycles. The maximum absolute atomic E-state index is 12.5. The molecule has 1 fully saturated rings. The SMILES string of the molecule is CSSCOC1C[C@H](n2cc(C#CCN)c3c(=O)[nH]c(N)nc32)O[C@@H]1CO[P+](=O)O. The average Bonchev–Trinajstić information content (AvgIpc) is 3.26. The van der Waals surface area contributed by atoms with E-state index in [0.29, 0.717) is 23.6 Å². The Kier molecular flexibility index (Phi) is 8.15. The summed E-state index contributed by atoms with van der Waals surface area (Å²) in [5.74, 6) is 5.97. The molecule has 30 heavy (non-hydrogen) atoms. The van der Waals surface area contributed by atoms with Gasteiger partial charge in [0.2, 0.25) is 5.95 Å². The zero-order chi connectivity index (χ0) is 21.7. The second-order valence-electron chi connectivity index (χ2n) is 6.11. The number of hydrogen-bond acceptors (Lipinski definition) is 10. The van der Waals surface area contributed by atoms with Crippen LogP contribution in [-0.4, -0.2) is 57.0 Å². The van der Waals surface area contributed by atoms with Crippen molar-refractivity contribution in [3.63, 3.8) is 0 Å². The van der Waals surface area contributed by atoms with Crippen molar-refractivity contribution in [3.8, 4) is 11.8 Å². The number of nitrogens with zero attached hydrogens (tertiary/aromatic N) is 2. The second-order valence-corrected chi connectivity index (χ2v) is 9.36. The fraction of sp³-hybridized carbons (Fsp3) is 0.500. The van der Waals surface area contributed by atoms with Crippen LogP contribution in [0.5, 0.6) is 0 Å². The minimum absolute atomic E-state index is 0.0375. The molecule has 0 saturated carbocycles. The highest BCUT2D eigenvalue weighted by atomic mass is 33.1. The van der Waals surface area contributed by atoms with Crippen molar-refractivity contribution >= 4 is 46.8 Å². The van der Waals surface area contributed by atoms with Gasteiger partial charge in [0.25, 0.3) is 5.56 Å².